The van der Waals surface area contributed by atoms with Crippen LogP contribution in [0.5, 0.6) is 5.75 Å². The SMILES string of the molecule is CCNC(=O)COc1ccc(NC(=O)c2ccc(Cn3nnc4ccccc43)cc2)cc1. The molecule has 3 aromatic carbocycles. The van der Waals surface area contributed by atoms with Gasteiger partial charge in [0.1, 0.15) is 11.3 Å². The van der Waals surface area contributed by atoms with Crippen LogP contribution in [-0.4, -0.2) is 40.0 Å². The first-order chi connectivity index (χ1) is 15.6. The van der Waals surface area contributed by atoms with E-state index in [1.165, 1.54) is 0 Å². The average Bonchev–Trinajstić information content (AvgIpc) is 3.22. The lowest BCUT2D eigenvalue weighted by atomic mass is 10.1. The zero-order valence-corrected chi connectivity index (χ0v) is 17.6. The quantitative estimate of drug-likeness (QED) is 0.448. The predicted molar refractivity (Wildman–Crippen MR) is 122 cm³/mol. The number of nitrogens with zero attached hydrogens (tertiary/aromatic N) is 3. The summed E-state index contributed by atoms with van der Waals surface area (Å²) in [5, 5.41) is 13.9. The Morgan fingerprint density at radius 2 is 1.72 bits per heavy atom. The number of carbonyl (C=O) groups is 2. The van der Waals surface area contributed by atoms with Crippen LogP contribution in [0.15, 0.2) is 72.8 Å². The van der Waals surface area contributed by atoms with Crippen LogP contribution < -0.4 is 15.4 Å². The lowest BCUT2D eigenvalue weighted by Gasteiger charge is -2.09. The van der Waals surface area contributed by atoms with Gasteiger partial charge in [-0.25, -0.2) is 4.68 Å². The number of nitrogens with one attached hydrogen (secondary N) is 2. The first-order valence-electron chi connectivity index (χ1n) is 10.3. The summed E-state index contributed by atoms with van der Waals surface area (Å²) in [6, 6.07) is 22.1. The highest BCUT2D eigenvalue weighted by Crippen LogP contribution is 2.17. The summed E-state index contributed by atoms with van der Waals surface area (Å²) in [6.45, 7) is 2.93. The third-order valence-corrected chi connectivity index (χ3v) is 4.82. The number of para-hydroxylation sites is 1. The van der Waals surface area contributed by atoms with E-state index >= 15 is 0 Å². The Balaban J connectivity index is 1.34. The van der Waals surface area contributed by atoms with Gasteiger partial charge in [-0.15, -0.1) is 5.10 Å². The summed E-state index contributed by atoms with van der Waals surface area (Å²) < 4.78 is 7.24. The molecule has 0 unspecified atom stereocenters. The fraction of sp³-hybridized carbons (Fsp3) is 0.167. The van der Waals surface area contributed by atoms with Crippen molar-refractivity contribution >= 4 is 28.5 Å². The molecule has 0 aliphatic rings. The first-order valence-corrected chi connectivity index (χ1v) is 10.3. The molecule has 4 rings (SSSR count). The Morgan fingerprint density at radius 3 is 2.47 bits per heavy atom. The van der Waals surface area contributed by atoms with E-state index in [4.69, 9.17) is 4.74 Å². The molecule has 0 saturated heterocycles. The van der Waals surface area contributed by atoms with Gasteiger partial charge in [0.25, 0.3) is 11.8 Å². The molecule has 8 nitrogen and oxygen atoms in total. The summed E-state index contributed by atoms with van der Waals surface area (Å²) >= 11 is 0. The van der Waals surface area contributed by atoms with Crippen molar-refractivity contribution in [3.8, 4) is 5.75 Å². The van der Waals surface area contributed by atoms with Crippen molar-refractivity contribution in [3.05, 3.63) is 83.9 Å². The number of hydrogen-bond donors (Lipinski definition) is 2. The molecule has 0 aliphatic heterocycles. The topological polar surface area (TPSA) is 98.1 Å². The molecule has 32 heavy (non-hydrogen) atoms. The minimum atomic E-state index is -0.209. The number of aromatic nitrogens is 3. The average molecular weight is 429 g/mol. The van der Waals surface area contributed by atoms with Gasteiger partial charge in [0.05, 0.1) is 12.1 Å². The van der Waals surface area contributed by atoms with E-state index in [9.17, 15) is 9.59 Å². The molecule has 0 aliphatic carbocycles. The number of rotatable bonds is 8. The Hall–Kier alpha value is -4.20. The Kier molecular flexibility index (Phi) is 6.41. The van der Waals surface area contributed by atoms with Crippen molar-refractivity contribution in [2.24, 2.45) is 0 Å². The Morgan fingerprint density at radius 1 is 0.969 bits per heavy atom. The van der Waals surface area contributed by atoms with Crippen LogP contribution in [0.4, 0.5) is 5.69 Å². The summed E-state index contributed by atoms with van der Waals surface area (Å²) in [4.78, 5) is 24.0. The fourth-order valence-corrected chi connectivity index (χ4v) is 3.20. The Labute approximate surface area is 185 Å². The molecule has 0 atom stereocenters. The second kappa shape index (κ2) is 9.74. The maximum Gasteiger partial charge on any atom is 0.257 e. The second-order valence-corrected chi connectivity index (χ2v) is 7.15. The van der Waals surface area contributed by atoms with E-state index in [1.807, 2.05) is 48.0 Å². The van der Waals surface area contributed by atoms with Gasteiger partial charge < -0.3 is 15.4 Å². The van der Waals surface area contributed by atoms with Gasteiger partial charge in [0.2, 0.25) is 0 Å². The molecule has 0 fully saturated rings. The highest BCUT2D eigenvalue weighted by Gasteiger charge is 2.09. The van der Waals surface area contributed by atoms with E-state index in [0.29, 0.717) is 30.1 Å². The van der Waals surface area contributed by atoms with Crippen molar-refractivity contribution in [1.29, 1.82) is 0 Å². The molecule has 4 aromatic rings. The molecular weight excluding hydrogens is 406 g/mol. The van der Waals surface area contributed by atoms with Crippen molar-refractivity contribution in [3.63, 3.8) is 0 Å². The van der Waals surface area contributed by atoms with Gasteiger partial charge in [0, 0.05) is 17.8 Å². The minimum Gasteiger partial charge on any atom is -0.484 e. The standard InChI is InChI=1S/C24H23N5O3/c1-2-25-23(30)16-32-20-13-11-19(12-14-20)26-24(31)18-9-7-17(8-10-18)15-29-22-6-4-3-5-21(22)27-28-29/h3-14H,2,15-16H2,1H3,(H,25,30)(H,26,31). The van der Waals surface area contributed by atoms with Crippen LogP contribution in [0, 0.1) is 0 Å². The molecule has 2 amide bonds. The Bertz CT molecular complexity index is 1220. The van der Waals surface area contributed by atoms with Crippen LogP contribution >= 0.6 is 0 Å². The molecule has 8 heteroatoms. The summed E-state index contributed by atoms with van der Waals surface area (Å²) in [5.41, 5.74) is 4.02. The second-order valence-electron chi connectivity index (χ2n) is 7.15. The number of hydrogen-bond acceptors (Lipinski definition) is 5. The van der Waals surface area contributed by atoms with Gasteiger partial charge in [0.15, 0.2) is 6.61 Å². The number of carbonyl (C=O) groups excluding carboxylic acids is 2. The van der Waals surface area contributed by atoms with E-state index in [2.05, 4.69) is 20.9 Å². The van der Waals surface area contributed by atoms with Crippen molar-refractivity contribution in [2.75, 3.05) is 18.5 Å². The van der Waals surface area contributed by atoms with Crippen LogP contribution in [0.3, 0.4) is 0 Å². The third kappa shape index (κ3) is 5.10. The van der Waals surface area contributed by atoms with E-state index in [-0.39, 0.29) is 18.4 Å². The van der Waals surface area contributed by atoms with Crippen LogP contribution in [0.25, 0.3) is 11.0 Å². The third-order valence-electron chi connectivity index (χ3n) is 4.82. The van der Waals surface area contributed by atoms with Crippen molar-refractivity contribution in [2.45, 2.75) is 13.5 Å². The number of benzene rings is 3. The molecule has 1 aromatic heterocycles. The largest absolute Gasteiger partial charge is 0.484 e. The lowest BCUT2D eigenvalue weighted by molar-refractivity contribution is -0.122. The van der Waals surface area contributed by atoms with Gasteiger partial charge in [-0.1, -0.05) is 29.5 Å². The molecule has 0 spiro atoms. The van der Waals surface area contributed by atoms with Gasteiger partial charge in [-0.2, -0.15) is 0 Å². The lowest BCUT2D eigenvalue weighted by Crippen LogP contribution is -2.28. The molecule has 1 heterocycles. The van der Waals surface area contributed by atoms with Crippen molar-refractivity contribution < 1.29 is 14.3 Å². The molecule has 0 bridgehead atoms. The van der Waals surface area contributed by atoms with Crippen LogP contribution in [0.1, 0.15) is 22.8 Å². The maximum atomic E-state index is 12.6. The first kappa shape index (κ1) is 21.0. The predicted octanol–water partition coefficient (Wildman–Crippen LogP) is 3.25. The monoisotopic (exact) mass is 429 g/mol. The van der Waals surface area contributed by atoms with Crippen LogP contribution in [-0.2, 0) is 11.3 Å². The summed E-state index contributed by atoms with van der Waals surface area (Å²) in [5.74, 6) is 0.170. The summed E-state index contributed by atoms with van der Waals surface area (Å²) in [7, 11) is 0. The number of ether oxygens (including phenoxy) is 1. The fourth-order valence-electron chi connectivity index (χ4n) is 3.20. The molecule has 162 valence electrons. The highest BCUT2D eigenvalue weighted by molar-refractivity contribution is 6.04. The van der Waals surface area contributed by atoms with E-state index in [1.54, 1.807) is 36.4 Å². The maximum absolute atomic E-state index is 12.6. The molecule has 2 N–H and O–H groups in total. The molecule has 0 radical (unpaired) electrons. The van der Waals surface area contributed by atoms with Gasteiger partial charge in [-0.05, 0) is 61.0 Å². The molecule has 0 saturated carbocycles. The summed E-state index contributed by atoms with van der Waals surface area (Å²) in [6.07, 6.45) is 0. The van der Waals surface area contributed by atoms with E-state index < -0.39 is 0 Å². The zero-order chi connectivity index (χ0) is 22.3. The number of likely N-dealkylation sites (N-methyl/N-ethyl adjacent to an activating group) is 1. The number of anilines is 1. The van der Waals surface area contributed by atoms with Gasteiger partial charge >= 0.3 is 0 Å². The number of fused-ring (bicyclic) bond motifs is 1. The van der Waals surface area contributed by atoms with Crippen LogP contribution in [0.2, 0.25) is 0 Å². The molecular formula is C24H23N5O3. The normalized spacial score (nSPS) is 10.7. The number of amides is 2. The van der Waals surface area contributed by atoms with E-state index in [0.717, 1.165) is 16.6 Å². The smallest absolute Gasteiger partial charge is 0.257 e. The minimum absolute atomic E-state index is 0.0454. The zero-order valence-electron chi connectivity index (χ0n) is 17.6. The van der Waals surface area contributed by atoms with Gasteiger partial charge in [-0.3, -0.25) is 9.59 Å². The van der Waals surface area contributed by atoms with Crippen molar-refractivity contribution in [1.82, 2.24) is 20.3 Å². The highest BCUT2D eigenvalue weighted by atomic mass is 16.5.